The van der Waals surface area contributed by atoms with Crippen molar-refractivity contribution in [1.82, 2.24) is 10.6 Å². The Morgan fingerprint density at radius 2 is 1.93 bits per heavy atom. The van der Waals surface area contributed by atoms with E-state index in [4.69, 9.17) is 19.6 Å². The fourth-order valence-electron chi connectivity index (χ4n) is 2.04. The second-order valence-electron chi connectivity index (χ2n) is 5.30. The first-order valence-electron chi connectivity index (χ1n) is 7.77. The van der Waals surface area contributed by atoms with Gasteiger partial charge in [-0.3, -0.25) is 14.4 Å². The molecule has 0 saturated carbocycles. The Kier molecular flexibility index (Phi) is 7.24. The highest BCUT2D eigenvalue weighted by Gasteiger charge is 2.12. The second-order valence-corrected chi connectivity index (χ2v) is 6.08. The molecule has 0 atom stereocenters. The van der Waals surface area contributed by atoms with E-state index >= 15 is 0 Å². The number of carbonyl (C=O) groups excluding carboxylic acids is 3. The summed E-state index contributed by atoms with van der Waals surface area (Å²) in [6.45, 7) is -0.250. The zero-order valence-corrected chi connectivity index (χ0v) is 16.0. The van der Waals surface area contributed by atoms with Crippen molar-refractivity contribution in [3.63, 3.8) is 0 Å². The minimum absolute atomic E-state index is 0.103. The van der Waals surface area contributed by atoms with Crippen LogP contribution in [0, 0.1) is 0 Å². The molecule has 0 fully saturated rings. The van der Waals surface area contributed by atoms with Gasteiger partial charge in [-0.2, -0.15) is 0 Å². The van der Waals surface area contributed by atoms with E-state index in [9.17, 15) is 14.4 Å². The maximum Gasteiger partial charge on any atom is 0.287 e. The van der Waals surface area contributed by atoms with Crippen LogP contribution in [0.3, 0.4) is 0 Å². The molecule has 1 heterocycles. The van der Waals surface area contributed by atoms with Gasteiger partial charge in [-0.05, 0) is 45.8 Å². The average Bonchev–Trinajstić information content (AvgIpc) is 3.09. The van der Waals surface area contributed by atoms with Crippen LogP contribution in [0.25, 0.3) is 0 Å². The number of hydrogen-bond donors (Lipinski definition) is 3. The molecule has 2 rings (SSSR count). The van der Waals surface area contributed by atoms with Crippen LogP contribution in [0.2, 0.25) is 0 Å². The molecule has 4 N–H and O–H groups in total. The van der Waals surface area contributed by atoms with E-state index in [0.717, 1.165) is 5.56 Å². The summed E-state index contributed by atoms with van der Waals surface area (Å²) < 4.78 is 15.9. The molecule has 0 saturated heterocycles. The van der Waals surface area contributed by atoms with Crippen molar-refractivity contribution in [3.05, 3.63) is 46.3 Å². The van der Waals surface area contributed by atoms with Crippen LogP contribution in [0.15, 0.2) is 39.4 Å². The Balaban J connectivity index is 1.83. The van der Waals surface area contributed by atoms with Crippen LogP contribution in [0.4, 0.5) is 0 Å². The van der Waals surface area contributed by atoms with E-state index in [1.807, 2.05) is 0 Å². The van der Waals surface area contributed by atoms with Crippen LogP contribution < -0.4 is 25.8 Å². The van der Waals surface area contributed by atoms with Crippen molar-refractivity contribution in [1.29, 1.82) is 0 Å². The molecule has 0 unspecified atom stereocenters. The van der Waals surface area contributed by atoms with Gasteiger partial charge in [-0.25, -0.2) is 0 Å². The predicted molar refractivity (Wildman–Crippen MR) is 98.3 cm³/mol. The Labute approximate surface area is 163 Å². The maximum atomic E-state index is 11.9. The second kappa shape index (κ2) is 9.62. The third kappa shape index (κ3) is 6.33. The van der Waals surface area contributed by atoms with Gasteiger partial charge in [0.1, 0.15) is 0 Å². The van der Waals surface area contributed by atoms with Crippen molar-refractivity contribution in [2.24, 2.45) is 5.73 Å². The van der Waals surface area contributed by atoms with Crippen molar-refractivity contribution >= 4 is 33.7 Å². The molecule has 0 spiro atoms. The SMILES string of the molecule is COc1cc(CNC(=O)CNC(=O)c2ccc(Br)o2)ccc1OCC(N)=O. The molecule has 0 aliphatic rings. The Morgan fingerprint density at radius 3 is 2.56 bits per heavy atom. The summed E-state index contributed by atoms with van der Waals surface area (Å²) in [7, 11) is 1.46. The lowest BCUT2D eigenvalue weighted by Crippen LogP contribution is -2.36. The summed E-state index contributed by atoms with van der Waals surface area (Å²) in [6, 6.07) is 8.05. The predicted octanol–water partition coefficient (Wildman–Crippen LogP) is 0.961. The maximum absolute atomic E-state index is 11.9. The summed E-state index contributed by atoms with van der Waals surface area (Å²) in [5.41, 5.74) is 5.78. The molecule has 144 valence electrons. The van der Waals surface area contributed by atoms with Gasteiger partial charge >= 0.3 is 0 Å². The number of hydrogen-bond acceptors (Lipinski definition) is 6. The van der Waals surface area contributed by atoms with Crippen LogP contribution in [-0.4, -0.2) is 38.0 Å². The van der Waals surface area contributed by atoms with E-state index in [1.54, 1.807) is 24.3 Å². The fourth-order valence-corrected chi connectivity index (χ4v) is 2.34. The molecule has 0 aliphatic heterocycles. The van der Waals surface area contributed by atoms with Crippen molar-refractivity contribution < 1.29 is 28.3 Å². The molecule has 3 amide bonds. The number of ether oxygens (including phenoxy) is 2. The van der Waals surface area contributed by atoms with Gasteiger partial charge in [-0.15, -0.1) is 0 Å². The molecular weight excluding hydrogens is 422 g/mol. The molecular formula is C17H18BrN3O6. The summed E-state index contributed by atoms with van der Waals surface area (Å²) in [6.07, 6.45) is 0. The molecule has 9 nitrogen and oxygen atoms in total. The third-order valence-electron chi connectivity index (χ3n) is 3.29. The lowest BCUT2D eigenvalue weighted by atomic mass is 10.2. The number of amides is 3. The molecule has 0 radical (unpaired) electrons. The summed E-state index contributed by atoms with van der Waals surface area (Å²) >= 11 is 3.10. The van der Waals surface area contributed by atoms with Gasteiger partial charge in [0, 0.05) is 6.54 Å². The number of methoxy groups -OCH3 is 1. The number of nitrogens with two attached hydrogens (primary N) is 1. The summed E-state index contributed by atoms with van der Waals surface area (Å²) in [5, 5.41) is 5.12. The minimum atomic E-state index is -0.600. The Bertz CT molecular complexity index is 836. The molecule has 0 aliphatic carbocycles. The lowest BCUT2D eigenvalue weighted by Gasteiger charge is -2.12. The first-order valence-corrected chi connectivity index (χ1v) is 8.56. The zero-order chi connectivity index (χ0) is 19.8. The van der Waals surface area contributed by atoms with Crippen LogP contribution in [0.5, 0.6) is 11.5 Å². The number of furan rings is 1. The van der Waals surface area contributed by atoms with Gasteiger partial charge in [-0.1, -0.05) is 6.07 Å². The van der Waals surface area contributed by atoms with Gasteiger partial charge in [0.2, 0.25) is 5.91 Å². The quantitative estimate of drug-likeness (QED) is 0.532. The van der Waals surface area contributed by atoms with Gasteiger partial charge < -0.3 is 30.3 Å². The van der Waals surface area contributed by atoms with Gasteiger partial charge in [0.25, 0.3) is 11.8 Å². The van der Waals surface area contributed by atoms with E-state index < -0.39 is 11.8 Å². The van der Waals surface area contributed by atoms with Gasteiger partial charge in [0.15, 0.2) is 28.5 Å². The number of nitrogens with one attached hydrogen (secondary N) is 2. The van der Waals surface area contributed by atoms with Crippen molar-refractivity contribution in [2.45, 2.75) is 6.54 Å². The molecule has 27 heavy (non-hydrogen) atoms. The Hall–Kier alpha value is -3.01. The topological polar surface area (TPSA) is 133 Å². The first kappa shape index (κ1) is 20.3. The first-order chi connectivity index (χ1) is 12.9. The average molecular weight is 440 g/mol. The fraction of sp³-hybridized carbons (Fsp3) is 0.235. The number of primary amides is 1. The molecule has 1 aromatic carbocycles. The lowest BCUT2D eigenvalue weighted by molar-refractivity contribution is -0.120. The zero-order valence-electron chi connectivity index (χ0n) is 14.4. The highest BCUT2D eigenvalue weighted by molar-refractivity contribution is 9.10. The van der Waals surface area contributed by atoms with E-state index in [-0.39, 0.29) is 31.4 Å². The van der Waals surface area contributed by atoms with Gasteiger partial charge in [0.05, 0.1) is 13.7 Å². The van der Waals surface area contributed by atoms with E-state index in [1.165, 1.54) is 13.2 Å². The third-order valence-corrected chi connectivity index (χ3v) is 3.72. The summed E-state index contributed by atoms with van der Waals surface area (Å²) in [4.78, 5) is 34.5. The van der Waals surface area contributed by atoms with E-state index in [0.29, 0.717) is 16.2 Å². The standard InChI is InChI=1S/C17H18BrN3O6/c1-25-13-6-10(2-3-11(13)26-9-15(19)22)7-20-16(23)8-21-17(24)12-4-5-14(18)27-12/h2-6H,7-9H2,1H3,(H2,19,22)(H,20,23)(H,21,24). The molecule has 0 bridgehead atoms. The van der Waals surface area contributed by atoms with Crippen LogP contribution in [-0.2, 0) is 16.1 Å². The van der Waals surface area contributed by atoms with Crippen LogP contribution >= 0.6 is 15.9 Å². The van der Waals surface area contributed by atoms with Crippen molar-refractivity contribution in [2.75, 3.05) is 20.3 Å². The Morgan fingerprint density at radius 1 is 1.15 bits per heavy atom. The highest BCUT2D eigenvalue weighted by atomic mass is 79.9. The molecule has 1 aromatic heterocycles. The summed E-state index contributed by atoms with van der Waals surface area (Å²) in [5.74, 6) is -0.596. The number of rotatable bonds is 9. The normalized spacial score (nSPS) is 10.1. The highest BCUT2D eigenvalue weighted by Crippen LogP contribution is 2.27. The van der Waals surface area contributed by atoms with Crippen molar-refractivity contribution in [3.8, 4) is 11.5 Å². The van der Waals surface area contributed by atoms with Crippen LogP contribution in [0.1, 0.15) is 16.1 Å². The smallest absolute Gasteiger partial charge is 0.287 e. The largest absolute Gasteiger partial charge is 0.493 e. The minimum Gasteiger partial charge on any atom is -0.493 e. The van der Waals surface area contributed by atoms with E-state index in [2.05, 4.69) is 26.6 Å². The number of benzene rings is 1. The monoisotopic (exact) mass is 439 g/mol. The molecule has 2 aromatic rings. The number of halogens is 1. The number of carbonyl (C=O) groups is 3. The molecule has 10 heteroatoms.